The summed E-state index contributed by atoms with van der Waals surface area (Å²) < 4.78 is 0. The van der Waals surface area contributed by atoms with Gasteiger partial charge in [-0.1, -0.05) is 48.0 Å². The molecule has 110 valence electrons. The summed E-state index contributed by atoms with van der Waals surface area (Å²) in [7, 11) is 0. The molecular formula is C17H19ClN2O. The minimum absolute atomic E-state index is 0.0247. The molecule has 2 rings (SSSR count). The van der Waals surface area contributed by atoms with E-state index in [0.29, 0.717) is 18.0 Å². The molecule has 0 fully saturated rings. The van der Waals surface area contributed by atoms with Crippen molar-refractivity contribution in [2.45, 2.75) is 25.9 Å². The molecule has 0 saturated heterocycles. The van der Waals surface area contributed by atoms with Gasteiger partial charge in [-0.05, 0) is 35.7 Å². The van der Waals surface area contributed by atoms with Crippen molar-refractivity contribution in [2.75, 3.05) is 0 Å². The molecule has 0 saturated carbocycles. The zero-order valence-corrected chi connectivity index (χ0v) is 12.7. The SMILES string of the molecule is C[C@@H](NC(=O)Cc1ccccc1CN)c1cccc(Cl)c1. The standard InChI is InChI=1S/C17H19ClN2O/c1-12(13-7-4-8-16(18)9-13)20-17(21)10-14-5-2-3-6-15(14)11-19/h2-9,12H,10-11,19H2,1H3,(H,20,21)/t12-/m1/s1. The lowest BCUT2D eigenvalue weighted by Crippen LogP contribution is -2.28. The lowest BCUT2D eigenvalue weighted by Gasteiger charge is -2.15. The van der Waals surface area contributed by atoms with Crippen LogP contribution in [-0.4, -0.2) is 5.91 Å². The smallest absolute Gasteiger partial charge is 0.224 e. The van der Waals surface area contributed by atoms with Crippen LogP contribution in [0.2, 0.25) is 5.02 Å². The monoisotopic (exact) mass is 302 g/mol. The largest absolute Gasteiger partial charge is 0.349 e. The first-order valence-electron chi connectivity index (χ1n) is 6.92. The summed E-state index contributed by atoms with van der Waals surface area (Å²) in [6, 6.07) is 15.2. The number of amides is 1. The van der Waals surface area contributed by atoms with Crippen LogP contribution in [0.4, 0.5) is 0 Å². The van der Waals surface area contributed by atoms with Gasteiger partial charge in [0.25, 0.3) is 0 Å². The van der Waals surface area contributed by atoms with E-state index < -0.39 is 0 Å². The van der Waals surface area contributed by atoms with Crippen molar-refractivity contribution >= 4 is 17.5 Å². The van der Waals surface area contributed by atoms with Crippen LogP contribution in [0.3, 0.4) is 0 Å². The van der Waals surface area contributed by atoms with E-state index in [-0.39, 0.29) is 11.9 Å². The number of halogens is 1. The van der Waals surface area contributed by atoms with E-state index in [2.05, 4.69) is 5.32 Å². The van der Waals surface area contributed by atoms with Crippen LogP contribution in [0, 0.1) is 0 Å². The molecule has 2 aromatic carbocycles. The van der Waals surface area contributed by atoms with Crippen LogP contribution >= 0.6 is 11.6 Å². The Labute approximate surface area is 130 Å². The number of carbonyl (C=O) groups excluding carboxylic acids is 1. The van der Waals surface area contributed by atoms with Gasteiger partial charge >= 0.3 is 0 Å². The lowest BCUT2D eigenvalue weighted by atomic mass is 10.0. The van der Waals surface area contributed by atoms with E-state index in [1.165, 1.54) is 0 Å². The fourth-order valence-electron chi connectivity index (χ4n) is 2.25. The molecule has 0 aliphatic heterocycles. The van der Waals surface area contributed by atoms with Crippen LogP contribution < -0.4 is 11.1 Å². The lowest BCUT2D eigenvalue weighted by molar-refractivity contribution is -0.121. The first kappa shape index (κ1) is 15.5. The fraction of sp³-hybridized carbons (Fsp3) is 0.235. The second kappa shape index (κ2) is 7.25. The van der Waals surface area contributed by atoms with E-state index >= 15 is 0 Å². The molecule has 1 amide bonds. The summed E-state index contributed by atoms with van der Waals surface area (Å²) in [6.07, 6.45) is 0.332. The van der Waals surface area contributed by atoms with Crippen LogP contribution in [0.25, 0.3) is 0 Å². The van der Waals surface area contributed by atoms with Gasteiger partial charge in [0.15, 0.2) is 0 Å². The molecule has 0 aliphatic carbocycles. The molecule has 0 radical (unpaired) electrons. The highest BCUT2D eigenvalue weighted by molar-refractivity contribution is 6.30. The topological polar surface area (TPSA) is 55.1 Å². The highest BCUT2D eigenvalue weighted by Gasteiger charge is 2.11. The van der Waals surface area contributed by atoms with E-state index in [4.69, 9.17) is 17.3 Å². The minimum atomic E-state index is -0.0822. The molecule has 0 unspecified atom stereocenters. The fourth-order valence-corrected chi connectivity index (χ4v) is 2.45. The van der Waals surface area contributed by atoms with Gasteiger partial charge in [-0.2, -0.15) is 0 Å². The van der Waals surface area contributed by atoms with Gasteiger partial charge in [0, 0.05) is 11.6 Å². The first-order valence-corrected chi connectivity index (χ1v) is 7.29. The molecule has 0 aromatic heterocycles. The third-order valence-electron chi connectivity index (χ3n) is 3.42. The predicted octanol–water partition coefficient (Wildman–Crippen LogP) is 3.22. The third-order valence-corrected chi connectivity index (χ3v) is 3.65. The zero-order valence-electron chi connectivity index (χ0n) is 12.0. The van der Waals surface area contributed by atoms with Crippen molar-refractivity contribution in [1.29, 1.82) is 0 Å². The average Bonchev–Trinajstić information content (AvgIpc) is 2.47. The highest BCUT2D eigenvalue weighted by atomic mass is 35.5. The second-order valence-corrected chi connectivity index (χ2v) is 5.43. The van der Waals surface area contributed by atoms with Crippen molar-refractivity contribution in [2.24, 2.45) is 5.73 Å². The molecule has 2 aromatic rings. The van der Waals surface area contributed by atoms with E-state index in [1.807, 2.05) is 55.5 Å². The summed E-state index contributed by atoms with van der Waals surface area (Å²) >= 11 is 5.97. The summed E-state index contributed by atoms with van der Waals surface area (Å²) in [4.78, 5) is 12.2. The predicted molar refractivity (Wildman–Crippen MR) is 86.0 cm³/mol. The molecule has 0 aliphatic rings. The van der Waals surface area contributed by atoms with Gasteiger partial charge in [0.2, 0.25) is 5.91 Å². The molecule has 0 bridgehead atoms. The Balaban J connectivity index is 2.01. The van der Waals surface area contributed by atoms with Crippen molar-refractivity contribution < 1.29 is 4.79 Å². The number of nitrogens with one attached hydrogen (secondary N) is 1. The van der Waals surface area contributed by atoms with Crippen molar-refractivity contribution in [3.8, 4) is 0 Å². The van der Waals surface area contributed by atoms with Gasteiger partial charge in [0.1, 0.15) is 0 Å². The Hall–Kier alpha value is -1.84. The zero-order chi connectivity index (χ0) is 15.2. The second-order valence-electron chi connectivity index (χ2n) is 4.99. The van der Waals surface area contributed by atoms with Gasteiger partial charge in [-0.3, -0.25) is 4.79 Å². The minimum Gasteiger partial charge on any atom is -0.349 e. The Morgan fingerprint density at radius 3 is 2.57 bits per heavy atom. The van der Waals surface area contributed by atoms with E-state index in [9.17, 15) is 4.79 Å². The maximum atomic E-state index is 12.2. The first-order chi connectivity index (χ1) is 10.1. The number of rotatable bonds is 5. The molecule has 1 atom stereocenters. The van der Waals surface area contributed by atoms with Crippen molar-refractivity contribution in [3.63, 3.8) is 0 Å². The maximum Gasteiger partial charge on any atom is 0.224 e. The molecule has 4 heteroatoms. The molecule has 21 heavy (non-hydrogen) atoms. The quantitative estimate of drug-likeness (QED) is 0.891. The third kappa shape index (κ3) is 4.31. The van der Waals surface area contributed by atoms with Crippen LogP contribution in [-0.2, 0) is 17.8 Å². The Bertz CT molecular complexity index is 628. The number of hydrogen-bond acceptors (Lipinski definition) is 2. The highest BCUT2D eigenvalue weighted by Crippen LogP contribution is 2.17. The summed E-state index contributed by atoms with van der Waals surface area (Å²) in [5.41, 5.74) is 8.65. The summed E-state index contributed by atoms with van der Waals surface area (Å²) in [5, 5.41) is 3.65. The Kier molecular flexibility index (Phi) is 5.37. The number of nitrogens with two attached hydrogens (primary N) is 1. The number of hydrogen-bond donors (Lipinski definition) is 2. The maximum absolute atomic E-state index is 12.2. The van der Waals surface area contributed by atoms with Crippen LogP contribution in [0.5, 0.6) is 0 Å². The van der Waals surface area contributed by atoms with Gasteiger partial charge in [-0.25, -0.2) is 0 Å². The average molecular weight is 303 g/mol. The summed E-state index contributed by atoms with van der Waals surface area (Å²) in [5.74, 6) is -0.0247. The van der Waals surface area contributed by atoms with Gasteiger partial charge < -0.3 is 11.1 Å². The van der Waals surface area contributed by atoms with E-state index in [1.54, 1.807) is 0 Å². The van der Waals surface area contributed by atoms with Crippen LogP contribution in [0.1, 0.15) is 29.7 Å². The molecular weight excluding hydrogens is 284 g/mol. The number of benzene rings is 2. The molecule has 0 spiro atoms. The molecule has 0 heterocycles. The summed E-state index contributed by atoms with van der Waals surface area (Å²) in [6.45, 7) is 2.38. The van der Waals surface area contributed by atoms with Gasteiger partial charge in [0.05, 0.1) is 12.5 Å². The van der Waals surface area contributed by atoms with Crippen molar-refractivity contribution in [1.82, 2.24) is 5.32 Å². The number of carbonyl (C=O) groups is 1. The normalized spacial score (nSPS) is 12.0. The molecule has 3 N–H and O–H groups in total. The van der Waals surface area contributed by atoms with E-state index in [0.717, 1.165) is 16.7 Å². The van der Waals surface area contributed by atoms with Crippen LogP contribution in [0.15, 0.2) is 48.5 Å². The Morgan fingerprint density at radius 2 is 1.90 bits per heavy atom. The molecule has 3 nitrogen and oxygen atoms in total. The Morgan fingerprint density at radius 1 is 1.19 bits per heavy atom. The van der Waals surface area contributed by atoms with Gasteiger partial charge in [-0.15, -0.1) is 0 Å². The van der Waals surface area contributed by atoms with Crippen molar-refractivity contribution in [3.05, 3.63) is 70.2 Å².